The molecule has 8 nitrogen and oxygen atoms in total. The smallest absolute Gasteiger partial charge is 0.256 e. The van der Waals surface area contributed by atoms with Gasteiger partial charge in [-0.3, -0.25) is 19.5 Å². The molecule has 2 unspecified atom stereocenters. The number of nitrogens with zero attached hydrogens (tertiary/aromatic N) is 5. The lowest BCUT2D eigenvalue weighted by molar-refractivity contribution is -0.118. The van der Waals surface area contributed by atoms with Crippen LogP contribution in [-0.2, 0) is 16.8 Å². The Bertz CT molecular complexity index is 1790. The molecule has 2 atom stereocenters. The van der Waals surface area contributed by atoms with E-state index in [1.54, 1.807) is 37.3 Å². The number of aromatic nitrogens is 2. The molecule has 220 valence electrons. The predicted molar refractivity (Wildman–Crippen MR) is 164 cm³/mol. The van der Waals surface area contributed by atoms with Crippen molar-refractivity contribution in [3.63, 3.8) is 0 Å². The van der Waals surface area contributed by atoms with E-state index >= 15 is 0 Å². The average molecular weight is 579 g/mol. The number of likely N-dealkylation sites (tertiary alicyclic amines) is 1. The molecule has 9 heteroatoms. The van der Waals surface area contributed by atoms with Gasteiger partial charge in [-0.25, -0.2) is 4.39 Å². The molecule has 4 heterocycles. The molecule has 1 saturated heterocycles. The molecule has 0 spiro atoms. The molecule has 2 aromatic heterocycles. The van der Waals surface area contributed by atoms with Crippen LogP contribution in [0.3, 0.4) is 0 Å². The first kappa shape index (κ1) is 28.6. The highest BCUT2D eigenvalue weighted by Crippen LogP contribution is 2.39. The van der Waals surface area contributed by atoms with E-state index in [4.69, 9.17) is 0 Å². The molecule has 4 aromatic rings. The zero-order valence-corrected chi connectivity index (χ0v) is 24.9. The molecular formula is C34H35FN6O2. The zero-order valence-electron chi connectivity index (χ0n) is 24.9. The summed E-state index contributed by atoms with van der Waals surface area (Å²) in [6, 6.07) is 14.4. The van der Waals surface area contributed by atoms with E-state index in [-0.39, 0.29) is 23.8 Å². The standard InChI is InChI=1S/C34H35FN6O2/c1-21(2)39(4)32(42)26-15-24(35)8-10-30(26)41-19-27(25-11-12-37-16-31(25)41)23-6-5-13-40(18-23)17-22-7-9-28-29(14-22)38-33(43)34(28,3)20-36/h7-12,14-16,19,21,23H,5-6,13,17-18H2,1-4H3,(H,38,43). The summed E-state index contributed by atoms with van der Waals surface area (Å²) in [5.41, 5.74) is 4.34. The van der Waals surface area contributed by atoms with E-state index in [1.165, 1.54) is 17.7 Å². The first-order chi connectivity index (χ1) is 20.6. The van der Waals surface area contributed by atoms with Crippen LogP contribution >= 0.6 is 0 Å². The van der Waals surface area contributed by atoms with Crippen LogP contribution in [0, 0.1) is 17.1 Å². The quantitative estimate of drug-likeness (QED) is 0.314. The maximum absolute atomic E-state index is 14.4. The number of pyridine rings is 1. The normalized spacial score (nSPS) is 20.2. The average Bonchev–Trinajstić information content (AvgIpc) is 3.51. The van der Waals surface area contributed by atoms with Gasteiger partial charge in [0.1, 0.15) is 5.82 Å². The lowest BCUT2D eigenvalue weighted by atomic mass is 9.85. The lowest BCUT2D eigenvalue weighted by Gasteiger charge is -2.33. The number of hydrogen-bond acceptors (Lipinski definition) is 5. The highest BCUT2D eigenvalue weighted by atomic mass is 19.1. The van der Waals surface area contributed by atoms with E-state index in [0.29, 0.717) is 16.9 Å². The fraction of sp³-hybridized carbons (Fsp3) is 0.353. The van der Waals surface area contributed by atoms with Gasteiger partial charge in [-0.05, 0) is 87.5 Å². The van der Waals surface area contributed by atoms with Gasteiger partial charge in [0.05, 0.1) is 29.0 Å². The van der Waals surface area contributed by atoms with E-state index in [0.717, 1.165) is 54.5 Å². The van der Waals surface area contributed by atoms with Crippen molar-refractivity contribution >= 4 is 28.4 Å². The number of carbonyl (C=O) groups is 2. The number of halogens is 1. The summed E-state index contributed by atoms with van der Waals surface area (Å²) < 4.78 is 16.4. The van der Waals surface area contributed by atoms with Gasteiger partial charge in [0.2, 0.25) is 5.91 Å². The third-order valence-corrected chi connectivity index (χ3v) is 9.08. The second kappa shape index (κ2) is 10.9. The van der Waals surface area contributed by atoms with Gasteiger partial charge in [0.25, 0.3) is 5.91 Å². The molecule has 2 aromatic carbocycles. The molecule has 1 N–H and O–H groups in total. The topological polar surface area (TPSA) is 94.3 Å². The minimum absolute atomic E-state index is 0.0340. The van der Waals surface area contributed by atoms with Gasteiger partial charge < -0.3 is 14.8 Å². The number of rotatable bonds is 6. The Balaban J connectivity index is 1.31. The first-order valence-corrected chi connectivity index (χ1v) is 14.7. The lowest BCUT2D eigenvalue weighted by Crippen LogP contribution is -2.34. The van der Waals surface area contributed by atoms with Gasteiger partial charge >= 0.3 is 0 Å². The Morgan fingerprint density at radius 3 is 2.84 bits per heavy atom. The number of hydrogen-bond donors (Lipinski definition) is 1. The molecule has 2 amide bonds. The van der Waals surface area contributed by atoms with Crippen LogP contribution in [0.2, 0.25) is 0 Å². The van der Waals surface area contributed by atoms with Crippen molar-refractivity contribution < 1.29 is 14.0 Å². The van der Waals surface area contributed by atoms with Crippen LogP contribution in [0.25, 0.3) is 16.6 Å². The van der Waals surface area contributed by atoms with E-state index in [1.807, 2.05) is 42.7 Å². The van der Waals surface area contributed by atoms with Crippen molar-refractivity contribution in [3.8, 4) is 11.8 Å². The van der Waals surface area contributed by atoms with Crippen molar-refractivity contribution in [1.82, 2.24) is 19.4 Å². The van der Waals surface area contributed by atoms with Gasteiger partial charge in [-0.2, -0.15) is 5.26 Å². The molecule has 6 rings (SSSR count). The van der Waals surface area contributed by atoms with Crippen LogP contribution in [0.15, 0.2) is 61.1 Å². The molecule has 0 aliphatic carbocycles. The van der Waals surface area contributed by atoms with Crippen LogP contribution in [0.1, 0.15) is 66.6 Å². The molecular weight excluding hydrogens is 543 g/mol. The summed E-state index contributed by atoms with van der Waals surface area (Å²) in [5.74, 6) is -0.728. The number of fused-ring (bicyclic) bond motifs is 2. The van der Waals surface area contributed by atoms with Crippen molar-refractivity contribution in [2.75, 3.05) is 25.5 Å². The van der Waals surface area contributed by atoms with Crippen molar-refractivity contribution in [2.45, 2.75) is 57.5 Å². The highest BCUT2D eigenvalue weighted by Gasteiger charge is 2.43. The Morgan fingerprint density at radius 1 is 1.26 bits per heavy atom. The zero-order chi connectivity index (χ0) is 30.5. The summed E-state index contributed by atoms with van der Waals surface area (Å²) >= 11 is 0. The second-order valence-corrected chi connectivity index (χ2v) is 12.2. The molecule has 0 bridgehead atoms. The fourth-order valence-electron chi connectivity index (χ4n) is 6.36. The first-order valence-electron chi connectivity index (χ1n) is 14.7. The summed E-state index contributed by atoms with van der Waals surface area (Å²) in [4.78, 5) is 34.3. The molecule has 1 fully saturated rings. The van der Waals surface area contributed by atoms with E-state index in [2.05, 4.69) is 27.5 Å². The van der Waals surface area contributed by atoms with E-state index < -0.39 is 11.2 Å². The number of nitrogens with one attached hydrogen (secondary N) is 1. The summed E-state index contributed by atoms with van der Waals surface area (Å²) in [6.07, 6.45) is 7.72. The van der Waals surface area contributed by atoms with Crippen molar-refractivity contribution in [1.29, 1.82) is 5.26 Å². The Morgan fingerprint density at radius 2 is 2.07 bits per heavy atom. The third-order valence-electron chi connectivity index (χ3n) is 9.08. The number of nitriles is 1. The maximum atomic E-state index is 14.4. The molecule has 0 radical (unpaired) electrons. The number of benzene rings is 2. The summed E-state index contributed by atoms with van der Waals surface area (Å²) in [6.45, 7) is 8.03. The van der Waals surface area contributed by atoms with Gasteiger partial charge in [0, 0.05) is 55.2 Å². The number of anilines is 1. The minimum Gasteiger partial charge on any atom is -0.339 e. The largest absolute Gasteiger partial charge is 0.339 e. The maximum Gasteiger partial charge on any atom is 0.256 e. The fourth-order valence-corrected chi connectivity index (χ4v) is 6.36. The van der Waals surface area contributed by atoms with Crippen LogP contribution in [0.4, 0.5) is 10.1 Å². The van der Waals surface area contributed by atoms with Crippen molar-refractivity contribution in [3.05, 3.63) is 89.1 Å². The number of carbonyl (C=O) groups excluding carboxylic acids is 2. The predicted octanol–water partition coefficient (Wildman–Crippen LogP) is 5.76. The SMILES string of the molecule is CC(C)N(C)C(=O)c1cc(F)ccc1-n1cc(C2CCCN(Cc3ccc4c(c3)NC(=O)C4(C)C#N)C2)c2ccncc21. The summed E-state index contributed by atoms with van der Waals surface area (Å²) in [7, 11) is 1.73. The van der Waals surface area contributed by atoms with Gasteiger partial charge in [0.15, 0.2) is 5.41 Å². The Hall–Kier alpha value is -4.55. The van der Waals surface area contributed by atoms with Crippen LogP contribution in [-0.4, -0.2) is 57.3 Å². The Labute approximate surface area is 250 Å². The van der Waals surface area contributed by atoms with Gasteiger partial charge in [-0.15, -0.1) is 0 Å². The summed E-state index contributed by atoms with van der Waals surface area (Å²) in [5, 5.41) is 13.5. The monoisotopic (exact) mass is 578 g/mol. The third kappa shape index (κ3) is 4.96. The van der Waals surface area contributed by atoms with Crippen LogP contribution < -0.4 is 5.32 Å². The van der Waals surface area contributed by atoms with Gasteiger partial charge in [-0.1, -0.05) is 12.1 Å². The van der Waals surface area contributed by atoms with Crippen LogP contribution in [0.5, 0.6) is 0 Å². The molecule has 0 saturated carbocycles. The highest BCUT2D eigenvalue weighted by molar-refractivity contribution is 6.08. The number of amides is 2. The van der Waals surface area contributed by atoms with Crippen molar-refractivity contribution in [2.24, 2.45) is 0 Å². The Kier molecular flexibility index (Phi) is 7.26. The number of piperidine rings is 1. The molecule has 43 heavy (non-hydrogen) atoms. The molecule has 2 aliphatic heterocycles. The van der Waals surface area contributed by atoms with E-state index in [9.17, 15) is 19.2 Å². The molecule has 2 aliphatic rings. The second-order valence-electron chi connectivity index (χ2n) is 12.2. The minimum atomic E-state index is -1.16.